The molecule has 1 atom stereocenters. The molecule has 1 heterocycles. The van der Waals surface area contributed by atoms with Gasteiger partial charge in [0.2, 0.25) is 0 Å². The van der Waals surface area contributed by atoms with Gasteiger partial charge in [0.25, 0.3) is 11.5 Å². The second-order valence-corrected chi connectivity index (χ2v) is 6.49. The number of aryl methyl sites for hydroxylation is 1. The van der Waals surface area contributed by atoms with Gasteiger partial charge in [-0.3, -0.25) is 14.5 Å². The van der Waals surface area contributed by atoms with Crippen LogP contribution in [0, 0.1) is 0 Å². The number of carbonyl (C=O) groups excluding carboxylic acids is 1. The summed E-state index contributed by atoms with van der Waals surface area (Å²) in [6.07, 6.45) is 1.82. The smallest absolute Gasteiger partial charge is 0.271 e. The molecule has 2 aromatic rings. The zero-order valence-electron chi connectivity index (χ0n) is 16.5. The van der Waals surface area contributed by atoms with Crippen LogP contribution in [0.15, 0.2) is 47.3 Å². The molecule has 27 heavy (non-hydrogen) atoms. The van der Waals surface area contributed by atoms with Crippen molar-refractivity contribution in [3.63, 3.8) is 0 Å². The van der Waals surface area contributed by atoms with Gasteiger partial charge in [-0.15, -0.1) is 0 Å². The number of benzene rings is 1. The molecule has 0 aliphatic carbocycles. The molecule has 0 fully saturated rings. The van der Waals surface area contributed by atoms with E-state index in [-0.39, 0.29) is 23.2 Å². The molecule has 146 valence electrons. The van der Waals surface area contributed by atoms with Gasteiger partial charge in [-0.25, -0.2) is 4.68 Å². The number of nitrogens with zero attached hydrogens (tertiary/aromatic N) is 3. The molecular weight excluding hydrogens is 340 g/mol. The third kappa shape index (κ3) is 5.76. The Kier molecular flexibility index (Phi) is 8.20. The van der Waals surface area contributed by atoms with Gasteiger partial charge in [-0.05, 0) is 31.1 Å². The number of amides is 1. The van der Waals surface area contributed by atoms with E-state index in [1.54, 1.807) is 0 Å². The second kappa shape index (κ2) is 10.6. The monoisotopic (exact) mass is 370 g/mol. The SMILES string of the molecule is CCCCn1nc(C(=O)NCC(c2ccccc2)N(CC)CC)ccc1=O. The van der Waals surface area contributed by atoms with Crippen molar-refractivity contribution in [1.82, 2.24) is 20.0 Å². The number of aromatic nitrogens is 2. The summed E-state index contributed by atoms with van der Waals surface area (Å²) in [5.74, 6) is -0.256. The van der Waals surface area contributed by atoms with Crippen LogP contribution < -0.4 is 10.9 Å². The third-order valence-electron chi connectivity index (χ3n) is 4.72. The van der Waals surface area contributed by atoms with Gasteiger partial charge < -0.3 is 5.32 Å². The predicted molar refractivity (Wildman–Crippen MR) is 108 cm³/mol. The Bertz CT molecular complexity index is 769. The Morgan fingerprint density at radius 1 is 1.11 bits per heavy atom. The van der Waals surface area contributed by atoms with Crippen LogP contribution >= 0.6 is 0 Å². The highest BCUT2D eigenvalue weighted by molar-refractivity contribution is 5.92. The molecule has 1 amide bonds. The van der Waals surface area contributed by atoms with Crippen molar-refractivity contribution in [3.05, 3.63) is 64.1 Å². The maximum absolute atomic E-state index is 12.6. The van der Waals surface area contributed by atoms with E-state index < -0.39 is 0 Å². The Morgan fingerprint density at radius 3 is 2.44 bits per heavy atom. The van der Waals surface area contributed by atoms with Crippen LogP contribution in [0.25, 0.3) is 0 Å². The average molecular weight is 370 g/mol. The van der Waals surface area contributed by atoms with Crippen LogP contribution in [0.3, 0.4) is 0 Å². The molecule has 6 heteroatoms. The number of carbonyl (C=O) groups is 1. The van der Waals surface area contributed by atoms with Crippen LogP contribution in [-0.4, -0.2) is 40.2 Å². The van der Waals surface area contributed by atoms with Gasteiger partial charge >= 0.3 is 0 Å². The summed E-state index contributed by atoms with van der Waals surface area (Å²) in [4.78, 5) is 26.8. The second-order valence-electron chi connectivity index (χ2n) is 6.49. The number of hydrogen-bond donors (Lipinski definition) is 1. The summed E-state index contributed by atoms with van der Waals surface area (Å²) in [7, 11) is 0. The Balaban J connectivity index is 2.12. The Hall–Kier alpha value is -2.47. The predicted octanol–water partition coefficient (Wildman–Crippen LogP) is 2.86. The highest BCUT2D eigenvalue weighted by Crippen LogP contribution is 2.19. The number of unbranched alkanes of at least 4 members (excludes halogenated alkanes) is 1. The lowest BCUT2D eigenvalue weighted by Gasteiger charge is -2.30. The first-order valence-corrected chi connectivity index (χ1v) is 9.76. The molecule has 0 aliphatic rings. The molecule has 1 unspecified atom stereocenters. The lowest BCUT2D eigenvalue weighted by Crippen LogP contribution is -2.38. The van der Waals surface area contributed by atoms with E-state index >= 15 is 0 Å². The van der Waals surface area contributed by atoms with Gasteiger partial charge in [0.1, 0.15) is 5.69 Å². The maximum Gasteiger partial charge on any atom is 0.271 e. The molecular formula is C21H30N4O2. The molecule has 1 N–H and O–H groups in total. The summed E-state index contributed by atoms with van der Waals surface area (Å²) in [5, 5.41) is 7.22. The molecule has 2 rings (SSSR count). The fraction of sp³-hybridized carbons (Fsp3) is 0.476. The first-order valence-electron chi connectivity index (χ1n) is 9.76. The van der Waals surface area contributed by atoms with Gasteiger partial charge in [-0.1, -0.05) is 57.5 Å². The molecule has 0 radical (unpaired) electrons. The van der Waals surface area contributed by atoms with Crippen LogP contribution in [0.1, 0.15) is 55.7 Å². The molecule has 0 spiro atoms. The molecule has 0 aliphatic heterocycles. The molecule has 0 bridgehead atoms. The van der Waals surface area contributed by atoms with Crippen molar-refractivity contribution in [3.8, 4) is 0 Å². The maximum atomic E-state index is 12.6. The molecule has 0 saturated heterocycles. The van der Waals surface area contributed by atoms with E-state index in [9.17, 15) is 9.59 Å². The minimum Gasteiger partial charge on any atom is -0.349 e. The van der Waals surface area contributed by atoms with Crippen molar-refractivity contribution in [1.29, 1.82) is 0 Å². The van der Waals surface area contributed by atoms with Gasteiger partial charge in [-0.2, -0.15) is 5.10 Å². The lowest BCUT2D eigenvalue weighted by atomic mass is 10.1. The van der Waals surface area contributed by atoms with E-state index in [4.69, 9.17) is 0 Å². The van der Waals surface area contributed by atoms with E-state index in [1.807, 2.05) is 18.2 Å². The molecule has 1 aromatic heterocycles. The van der Waals surface area contributed by atoms with E-state index in [2.05, 4.69) is 48.2 Å². The normalized spacial score (nSPS) is 12.1. The Labute approximate surface area is 161 Å². The van der Waals surface area contributed by atoms with Crippen LogP contribution in [-0.2, 0) is 6.54 Å². The van der Waals surface area contributed by atoms with Gasteiger partial charge in [0, 0.05) is 19.2 Å². The fourth-order valence-corrected chi connectivity index (χ4v) is 3.12. The van der Waals surface area contributed by atoms with E-state index in [0.717, 1.165) is 25.9 Å². The summed E-state index contributed by atoms with van der Waals surface area (Å²) >= 11 is 0. The lowest BCUT2D eigenvalue weighted by molar-refractivity contribution is 0.0927. The van der Waals surface area contributed by atoms with Crippen LogP contribution in [0.4, 0.5) is 0 Å². The summed E-state index contributed by atoms with van der Waals surface area (Å²) < 4.78 is 1.37. The van der Waals surface area contributed by atoms with Crippen molar-refractivity contribution in [2.24, 2.45) is 0 Å². The van der Waals surface area contributed by atoms with Crippen LogP contribution in [0.5, 0.6) is 0 Å². The number of likely N-dealkylation sites (N-methyl/N-ethyl adjacent to an activating group) is 1. The van der Waals surface area contributed by atoms with E-state index in [1.165, 1.54) is 22.4 Å². The summed E-state index contributed by atoms with van der Waals surface area (Å²) in [5.41, 5.74) is 1.27. The number of rotatable bonds is 10. The van der Waals surface area contributed by atoms with Crippen molar-refractivity contribution < 1.29 is 4.79 Å². The number of nitrogens with one attached hydrogen (secondary N) is 1. The first-order chi connectivity index (χ1) is 13.1. The van der Waals surface area contributed by atoms with Crippen molar-refractivity contribution in [2.45, 2.75) is 46.2 Å². The molecule has 1 aromatic carbocycles. The standard InChI is InChI=1S/C21H30N4O2/c1-4-7-15-25-20(26)14-13-18(23-25)21(27)22-16-19(24(5-2)6-3)17-11-9-8-10-12-17/h8-14,19H,4-7,15-16H2,1-3H3,(H,22,27). The highest BCUT2D eigenvalue weighted by atomic mass is 16.2. The third-order valence-corrected chi connectivity index (χ3v) is 4.72. The number of hydrogen-bond acceptors (Lipinski definition) is 4. The van der Waals surface area contributed by atoms with E-state index in [0.29, 0.717) is 13.1 Å². The van der Waals surface area contributed by atoms with Gasteiger partial charge in [0.05, 0.1) is 6.04 Å². The summed E-state index contributed by atoms with van der Waals surface area (Å²) in [6, 6.07) is 13.2. The Morgan fingerprint density at radius 2 is 1.81 bits per heavy atom. The quantitative estimate of drug-likeness (QED) is 0.698. The zero-order chi connectivity index (χ0) is 19.6. The minimum atomic E-state index is -0.256. The summed E-state index contributed by atoms with van der Waals surface area (Å²) in [6.45, 7) is 9.10. The molecule has 6 nitrogen and oxygen atoms in total. The molecule has 0 saturated carbocycles. The highest BCUT2D eigenvalue weighted by Gasteiger charge is 2.19. The van der Waals surface area contributed by atoms with Crippen molar-refractivity contribution in [2.75, 3.05) is 19.6 Å². The topological polar surface area (TPSA) is 67.2 Å². The fourth-order valence-electron chi connectivity index (χ4n) is 3.12. The van der Waals surface area contributed by atoms with Crippen molar-refractivity contribution >= 4 is 5.91 Å². The largest absolute Gasteiger partial charge is 0.349 e. The minimum absolute atomic E-state index is 0.0937. The zero-order valence-corrected chi connectivity index (χ0v) is 16.5. The van der Waals surface area contributed by atoms with Crippen LogP contribution in [0.2, 0.25) is 0 Å². The van der Waals surface area contributed by atoms with Gasteiger partial charge in [0.15, 0.2) is 0 Å². The first kappa shape index (κ1) is 20.8. The average Bonchev–Trinajstić information content (AvgIpc) is 2.71.